The zero-order valence-electron chi connectivity index (χ0n) is 26.4. The average Bonchev–Trinajstić information content (AvgIpc) is 3.62. The number of carbonyl (C=O) groups excluding carboxylic acids is 2. The van der Waals surface area contributed by atoms with E-state index in [2.05, 4.69) is 4.98 Å². The highest BCUT2D eigenvalue weighted by Crippen LogP contribution is 2.52. The van der Waals surface area contributed by atoms with Crippen molar-refractivity contribution >= 4 is 11.9 Å². The summed E-state index contributed by atoms with van der Waals surface area (Å²) in [5.74, 6) is -1.74. The molecule has 4 rings (SSSR count). The van der Waals surface area contributed by atoms with E-state index in [9.17, 15) is 22.8 Å². The number of methoxy groups -OCH3 is 1. The molecule has 0 radical (unpaired) electrons. The number of hydrogen-bond donors (Lipinski definition) is 0. The van der Waals surface area contributed by atoms with E-state index in [0.29, 0.717) is 13.0 Å². The maximum absolute atomic E-state index is 14.4. The highest BCUT2D eigenvalue weighted by atomic mass is 19.4. The summed E-state index contributed by atoms with van der Waals surface area (Å²) in [6, 6.07) is 6.95. The molecule has 5 atom stereocenters. The maximum Gasteiger partial charge on any atom is 0.417 e. The van der Waals surface area contributed by atoms with Crippen LogP contribution in [-0.2, 0) is 36.6 Å². The molecular formula is C33H43F3N2O6. The SMILES string of the molecule is CCOC(=O)[C@@H]1[C@@H](C(C)(C)C)[C@H](OCc2cc(C(F)(F)F)cnc2OC)[C@H](c2ccccc2C(C)C)N1C(=O)[C@H]1CCOC1. The van der Waals surface area contributed by atoms with Gasteiger partial charge in [-0.15, -0.1) is 0 Å². The predicted octanol–water partition coefficient (Wildman–Crippen LogP) is 6.33. The van der Waals surface area contributed by atoms with Crippen LogP contribution in [0.1, 0.15) is 82.2 Å². The van der Waals surface area contributed by atoms with Crippen molar-refractivity contribution in [2.75, 3.05) is 26.9 Å². The minimum atomic E-state index is -4.62. The van der Waals surface area contributed by atoms with Gasteiger partial charge in [-0.1, -0.05) is 58.9 Å². The molecule has 1 amide bonds. The highest BCUT2D eigenvalue weighted by Gasteiger charge is 2.60. The lowest BCUT2D eigenvalue weighted by molar-refractivity contribution is -0.158. The minimum Gasteiger partial charge on any atom is -0.481 e. The Bertz CT molecular complexity index is 1320. The number of ether oxygens (including phenoxy) is 4. The van der Waals surface area contributed by atoms with E-state index in [1.165, 1.54) is 7.11 Å². The number of halogens is 3. The molecule has 1 aromatic carbocycles. The molecule has 2 aromatic rings. The van der Waals surface area contributed by atoms with Crippen LogP contribution in [0.2, 0.25) is 0 Å². The molecule has 2 saturated heterocycles. The fourth-order valence-electron chi connectivity index (χ4n) is 6.50. The molecular weight excluding hydrogens is 577 g/mol. The van der Waals surface area contributed by atoms with Crippen LogP contribution in [0, 0.1) is 17.3 Å². The summed E-state index contributed by atoms with van der Waals surface area (Å²) in [7, 11) is 1.33. The normalized spacial score (nSPS) is 24.2. The van der Waals surface area contributed by atoms with Crippen molar-refractivity contribution in [3.05, 3.63) is 58.8 Å². The van der Waals surface area contributed by atoms with Crippen LogP contribution in [0.15, 0.2) is 36.5 Å². The number of likely N-dealkylation sites (tertiary alicyclic amines) is 1. The molecule has 0 aliphatic carbocycles. The summed E-state index contributed by atoms with van der Waals surface area (Å²) in [5.41, 5.74) is 0.370. The van der Waals surface area contributed by atoms with Crippen LogP contribution >= 0.6 is 0 Å². The van der Waals surface area contributed by atoms with Crippen molar-refractivity contribution in [3.8, 4) is 5.88 Å². The molecule has 44 heavy (non-hydrogen) atoms. The third kappa shape index (κ3) is 6.88. The summed E-state index contributed by atoms with van der Waals surface area (Å²) in [6.45, 7) is 12.2. The number of alkyl halides is 3. The Morgan fingerprint density at radius 1 is 1.16 bits per heavy atom. The first kappa shape index (κ1) is 33.7. The molecule has 11 heteroatoms. The number of benzene rings is 1. The summed E-state index contributed by atoms with van der Waals surface area (Å²) in [6.07, 6.45) is -4.18. The van der Waals surface area contributed by atoms with Crippen LogP contribution in [-0.4, -0.2) is 60.8 Å². The number of esters is 1. The number of hydrogen-bond acceptors (Lipinski definition) is 7. The van der Waals surface area contributed by atoms with Crippen LogP contribution < -0.4 is 4.74 Å². The molecule has 3 heterocycles. The lowest BCUT2D eigenvalue weighted by Gasteiger charge is -2.35. The van der Waals surface area contributed by atoms with Crippen LogP contribution in [0.5, 0.6) is 5.88 Å². The van der Waals surface area contributed by atoms with Crippen LogP contribution in [0.25, 0.3) is 0 Å². The molecule has 1 aromatic heterocycles. The van der Waals surface area contributed by atoms with Gasteiger partial charge in [-0.05, 0) is 41.9 Å². The molecule has 0 spiro atoms. The number of nitrogens with zero attached hydrogens (tertiary/aromatic N) is 2. The monoisotopic (exact) mass is 620 g/mol. The third-order valence-corrected chi connectivity index (χ3v) is 8.48. The fourth-order valence-corrected chi connectivity index (χ4v) is 6.50. The number of aromatic nitrogens is 1. The van der Waals surface area contributed by atoms with Gasteiger partial charge in [-0.3, -0.25) is 4.79 Å². The third-order valence-electron chi connectivity index (χ3n) is 8.48. The van der Waals surface area contributed by atoms with E-state index < -0.39 is 53.1 Å². The van der Waals surface area contributed by atoms with Gasteiger partial charge in [0, 0.05) is 24.3 Å². The molecule has 0 saturated carbocycles. The Kier molecular flexibility index (Phi) is 10.3. The van der Waals surface area contributed by atoms with Gasteiger partial charge in [0.05, 0.1) is 50.6 Å². The Morgan fingerprint density at radius 2 is 1.86 bits per heavy atom. The van der Waals surface area contributed by atoms with Crippen LogP contribution in [0.3, 0.4) is 0 Å². The van der Waals surface area contributed by atoms with Crippen molar-refractivity contribution in [3.63, 3.8) is 0 Å². The van der Waals surface area contributed by atoms with Crippen molar-refractivity contribution in [2.24, 2.45) is 17.3 Å². The minimum absolute atomic E-state index is 0.000385. The molecule has 242 valence electrons. The van der Waals surface area contributed by atoms with Crippen molar-refractivity contribution in [2.45, 2.75) is 84.9 Å². The van der Waals surface area contributed by atoms with E-state index >= 15 is 0 Å². The average molecular weight is 621 g/mol. The number of pyridine rings is 1. The molecule has 2 fully saturated rings. The summed E-state index contributed by atoms with van der Waals surface area (Å²) >= 11 is 0. The number of rotatable bonds is 9. The first-order valence-electron chi connectivity index (χ1n) is 15.1. The smallest absolute Gasteiger partial charge is 0.417 e. The number of amides is 1. The summed E-state index contributed by atoms with van der Waals surface area (Å²) in [4.78, 5) is 33.8. The Balaban J connectivity index is 1.91. The molecule has 2 aliphatic rings. The Morgan fingerprint density at radius 3 is 2.43 bits per heavy atom. The highest BCUT2D eigenvalue weighted by molar-refractivity contribution is 5.88. The van der Waals surface area contributed by atoms with Gasteiger partial charge in [-0.2, -0.15) is 13.2 Å². The zero-order valence-corrected chi connectivity index (χ0v) is 26.4. The van der Waals surface area contributed by atoms with Crippen LogP contribution in [0.4, 0.5) is 13.2 Å². The van der Waals surface area contributed by atoms with Gasteiger partial charge in [-0.25, -0.2) is 9.78 Å². The van der Waals surface area contributed by atoms with E-state index in [-0.39, 0.29) is 43.1 Å². The molecule has 0 unspecified atom stereocenters. The standard InChI is InChI=1S/C33H43F3N2O6/c1-8-43-31(40)27-25(32(4,5)6)28(44-18-21-15-22(33(34,35)36)16-37-29(21)41-7)26(24-12-10-9-11-23(24)19(2)3)38(27)30(39)20-13-14-42-17-20/h9-12,15-16,19-20,25-28H,8,13-14,17-18H2,1-7H3/t20-,25+,26-,27-,28-/m0/s1. The Labute approximate surface area is 257 Å². The van der Waals surface area contributed by atoms with Crippen molar-refractivity contribution < 1.29 is 41.7 Å². The quantitative estimate of drug-likeness (QED) is 0.303. The first-order valence-corrected chi connectivity index (χ1v) is 15.1. The van der Waals surface area contributed by atoms with E-state index in [1.807, 2.05) is 58.9 Å². The van der Waals surface area contributed by atoms with E-state index in [1.54, 1.807) is 11.8 Å². The van der Waals surface area contributed by atoms with Crippen molar-refractivity contribution in [1.29, 1.82) is 0 Å². The van der Waals surface area contributed by atoms with Gasteiger partial charge in [0.2, 0.25) is 11.8 Å². The maximum atomic E-state index is 14.4. The second-order valence-electron chi connectivity index (χ2n) is 12.8. The summed E-state index contributed by atoms with van der Waals surface area (Å²) < 4.78 is 64.0. The second-order valence-corrected chi connectivity index (χ2v) is 12.8. The predicted molar refractivity (Wildman–Crippen MR) is 157 cm³/mol. The molecule has 0 N–H and O–H groups in total. The van der Waals surface area contributed by atoms with E-state index in [4.69, 9.17) is 18.9 Å². The lowest BCUT2D eigenvalue weighted by atomic mass is 9.73. The molecule has 0 bridgehead atoms. The fraction of sp³-hybridized carbons (Fsp3) is 0.606. The largest absolute Gasteiger partial charge is 0.481 e. The van der Waals surface area contributed by atoms with E-state index in [0.717, 1.165) is 23.4 Å². The van der Waals surface area contributed by atoms with Gasteiger partial charge < -0.3 is 23.8 Å². The summed E-state index contributed by atoms with van der Waals surface area (Å²) in [5, 5.41) is 0. The molecule has 2 aliphatic heterocycles. The van der Waals surface area contributed by atoms with Gasteiger partial charge in [0.1, 0.15) is 6.04 Å². The van der Waals surface area contributed by atoms with Gasteiger partial charge >= 0.3 is 12.1 Å². The Hall–Kier alpha value is -3.18. The topological polar surface area (TPSA) is 87.2 Å². The van der Waals surface area contributed by atoms with Crippen molar-refractivity contribution in [1.82, 2.24) is 9.88 Å². The first-order chi connectivity index (χ1) is 20.7. The second kappa shape index (κ2) is 13.4. The van der Waals surface area contributed by atoms with Gasteiger partial charge in [0.15, 0.2) is 0 Å². The number of carbonyl (C=O) groups is 2. The molecule has 8 nitrogen and oxygen atoms in total. The zero-order chi connectivity index (χ0) is 32.4. The lowest BCUT2D eigenvalue weighted by Crippen LogP contribution is -2.49. The van der Waals surface area contributed by atoms with Gasteiger partial charge in [0.25, 0.3) is 0 Å².